The standard InChI is InChI=1S/C22H19N3OS/c1-25-20-9-7-16(11-18(20)13-24-25)19-12-17(22(23)26)8-10-21(19)27-14-15-5-3-2-4-6-15/h2-13H,14H2,1H3,(H2,23,26). The van der Waals surface area contributed by atoms with Gasteiger partial charge in [-0.15, -0.1) is 11.8 Å². The van der Waals surface area contributed by atoms with Gasteiger partial charge < -0.3 is 5.73 Å². The fourth-order valence-electron chi connectivity index (χ4n) is 3.10. The smallest absolute Gasteiger partial charge is 0.248 e. The zero-order valence-corrected chi connectivity index (χ0v) is 15.7. The third-order valence-electron chi connectivity index (χ3n) is 4.56. The number of hydrogen-bond acceptors (Lipinski definition) is 3. The Labute approximate surface area is 162 Å². The normalized spacial score (nSPS) is 11.0. The van der Waals surface area contributed by atoms with E-state index in [2.05, 4.69) is 35.4 Å². The second kappa shape index (κ2) is 7.29. The minimum absolute atomic E-state index is 0.418. The van der Waals surface area contributed by atoms with Crippen LogP contribution in [-0.4, -0.2) is 15.7 Å². The largest absolute Gasteiger partial charge is 0.366 e. The fraction of sp³-hybridized carbons (Fsp3) is 0.0909. The van der Waals surface area contributed by atoms with Crippen LogP contribution < -0.4 is 5.73 Å². The van der Waals surface area contributed by atoms with Gasteiger partial charge in [0.1, 0.15) is 0 Å². The lowest BCUT2D eigenvalue weighted by Crippen LogP contribution is -2.10. The molecule has 5 heteroatoms. The van der Waals surface area contributed by atoms with Crippen LogP contribution in [-0.2, 0) is 12.8 Å². The molecule has 0 unspecified atom stereocenters. The van der Waals surface area contributed by atoms with Crippen LogP contribution in [0.3, 0.4) is 0 Å². The molecule has 1 amide bonds. The summed E-state index contributed by atoms with van der Waals surface area (Å²) in [7, 11) is 1.93. The lowest BCUT2D eigenvalue weighted by atomic mass is 10.0. The molecule has 0 aliphatic heterocycles. The maximum Gasteiger partial charge on any atom is 0.248 e. The van der Waals surface area contributed by atoms with Crippen LogP contribution in [0.1, 0.15) is 15.9 Å². The van der Waals surface area contributed by atoms with E-state index in [4.69, 9.17) is 5.73 Å². The van der Waals surface area contributed by atoms with Gasteiger partial charge in [-0.2, -0.15) is 5.10 Å². The van der Waals surface area contributed by atoms with Crippen molar-refractivity contribution in [2.24, 2.45) is 12.8 Å². The molecule has 4 rings (SSSR count). The molecule has 134 valence electrons. The first-order valence-electron chi connectivity index (χ1n) is 8.64. The second-order valence-electron chi connectivity index (χ2n) is 6.39. The average molecular weight is 373 g/mol. The molecule has 0 bridgehead atoms. The highest BCUT2D eigenvalue weighted by molar-refractivity contribution is 7.98. The number of amides is 1. The first kappa shape index (κ1) is 17.4. The Morgan fingerprint density at radius 1 is 1.07 bits per heavy atom. The van der Waals surface area contributed by atoms with Gasteiger partial charge in [-0.3, -0.25) is 9.48 Å². The summed E-state index contributed by atoms with van der Waals surface area (Å²) < 4.78 is 1.85. The molecule has 0 aliphatic carbocycles. The van der Waals surface area contributed by atoms with Gasteiger partial charge >= 0.3 is 0 Å². The van der Waals surface area contributed by atoms with E-state index < -0.39 is 5.91 Å². The molecule has 0 saturated carbocycles. The lowest BCUT2D eigenvalue weighted by molar-refractivity contribution is 0.100. The molecule has 0 spiro atoms. The number of hydrogen-bond donors (Lipinski definition) is 1. The number of nitrogens with two attached hydrogens (primary N) is 1. The van der Waals surface area contributed by atoms with Gasteiger partial charge in [0.05, 0.1) is 11.7 Å². The molecule has 0 radical (unpaired) electrons. The third kappa shape index (κ3) is 3.59. The summed E-state index contributed by atoms with van der Waals surface area (Å²) in [5.74, 6) is 0.442. The Morgan fingerprint density at radius 3 is 2.67 bits per heavy atom. The Hall–Kier alpha value is -3.05. The SMILES string of the molecule is Cn1ncc2cc(-c3cc(C(N)=O)ccc3SCc3ccccc3)ccc21. The van der Waals surface area contributed by atoms with E-state index in [1.54, 1.807) is 17.8 Å². The monoisotopic (exact) mass is 373 g/mol. The zero-order chi connectivity index (χ0) is 18.8. The highest BCUT2D eigenvalue weighted by Gasteiger charge is 2.12. The van der Waals surface area contributed by atoms with Gasteiger partial charge in [-0.25, -0.2) is 0 Å². The number of aryl methyl sites for hydroxylation is 1. The van der Waals surface area contributed by atoms with Gasteiger partial charge in [0.25, 0.3) is 0 Å². The summed E-state index contributed by atoms with van der Waals surface area (Å²) in [6, 6.07) is 22.2. The van der Waals surface area contributed by atoms with Crippen LogP contribution in [0, 0.1) is 0 Å². The van der Waals surface area contributed by atoms with Gasteiger partial charge in [-0.1, -0.05) is 36.4 Å². The van der Waals surface area contributed by atoms with Crippen molar-refractivity contribution >= 4 is 28.6 Å². The minimum atomic E-state index is -0.418. The van der Waals surface area contributed by atoms with E-state index in [0.717, 1.165) is 32.7 Å². The van der Waals surface area contributed by atoms with E-state index in [1.807, 2.05) is 48.3 Å². The number of rotatable bonds is 5. The number of benzene rings is 3. The maximum atomic E-state index is 11.7. The minimum Gasteiger partial charge on any atom is -0.366 e. The summed E-state index contributed by atoms with van der Waals surface area (Å²) in [5, 5.41) is 5.38. The molecule has 0 atom stereocenters. The summed E-state index contributed by atoms with van der Waals surface area (Å²) in [6.07, 6.45) is 1.85. The number of primary amides is 1. The highest BCUT2D eigenvalue weighted by atomic mass is 32.2. The van der Waals surface area contributed by atoms with Crippen molar-refractivity contribution in [2.75, 3.05) is 0 Å². The molecule has 4 nitrogen and oxygen atoms in total. The molecule has 3 aromatic carbocycles. The number of fused-ring (bicyclic) bond motifs is 1. The topological polar surface area (TPSA) is 60.9 Å². The van der Waals surface area contributed by atoms with Crippen molar-refractivity contribution in [3.63, 3.8) is 0 Å². The molecular formula is C22H19N3OS. The van der Waals surface area contributed by atoms with E-state index in [-0.39, 0.29) is 0 Å². The Balaban J connectivity index is 1.75. The number of carbonyl (C=O) groups excluding carboxylic acids is 1. The summed E-state index contributed by atoms with van der Waals surface area (Å²) in [4.78, 5) is 12.8. The predicted molar refractivity (Wildman–Crippen MR) is 111 cm³/mol. The van der Waals surface area contributed by atoms with Gasteiger partial charge in [0.15, 0.2) is 0 Å². The maximum absolute atomic E-state index is 11.7. The molecule has 1 heterocycles. The number of nitrogens with zero attached hydrogens (tertiary/aromatic N) is 2. The molecule has 0 saturated heterocycles. The molecule has 0 fully saturated rings. The van der Waals surface area contributed by atoms with Crippen molar-refractivity contribution < 1.29 is 4.79 Å². The van der Waals surface area contributed by atoms with Gasteiger partial charge in [-0.05, 0) is 47.0 Å². The van der Waals surface area contributed by atoms with E-state index in [0.29, 0.717) is 5.56 Å². The quantitative estimate of drug-likeness (QED) is 0.519. The summed E-state index contributed by atoms with van der Waals surface area (Å²) in [6.45, 7) is 0. The number of aromatic nitrogens is 2. The van der Waals surface area contributed by atoms with Crippen LogP contribution >= 0.6 is 11.8 Å². The van der Waals surface area contributed by atoms with E-state index in [1.165, 1.54) is 5.56 Å². The molecular weight excluding hydrogens is 354 g/mol. The number of carbonyl (C=O) groups is 1. The van der Waals surface area contributed by atoms with Crippen LogP contribution in [0.4, 0.5) is 0 Å². The first-order valence-corrected chi connectivity index (χ1v) is 9.63. The molecule has 4 aromatic rings. The Kier molecular flexibility index (Phi) is 4.69. The highest BCUT2D eigenvalue weighted by Crippen LogP contribution is 2.35. The van der Waals surface area contributed by atoms with Crippen molar-refractivity contribution in [1.82, 2.24) is 9.78 Å². The predicted octanol–water partition coefficient (Wildman–Crippen LogP) is 4.63. The number of thioether (sulfide) groups is 1. The molecule has 0 aliphatic rings. The van der Waals surface area contributed by atoms with Crippen molar-refractivity contribution in [2.45, 2.75) is 10.6 Å². The Bertz CT molecular complexity index is 1120. The van der Waals surface area contributed by atoms with Crippen molar-refractivity contribution in [3.8, 4) is 11.1 Å². The lowest BCUT2D eigenvalue weighted by Gasteiger charge is -2.12. The average Bonchev–Trinajstić information content (AvgIpc) is 3.07. The zero-order valence-electron chi connectivity index (χ0n) is 14.9. The second-order valence-corrected chi connectivity index (χ2v) is 7.41. The van der Waals surface area contributed by atoms with Gasteiger partial charge in [0.2, 0.25) is 5.91 Å². The van der Waals surface area contributed by atoms with E-state index in [9.17, 15) is 4.79 Å². The van der Waals surface area contributed by atoms with Crippen LogP contribution in [0.2, 0.25) is 0 Å². The summed E-state index contributed by atoms with van der Waals surface area (Å²) >= 11 is 1.75. The summed E-state index contributed by atoms with van der Waals surface area (Å²) in [5.41, 5.74) is 10.4. The van der Waals surface area contributed by atoms with Gasteiger partial charge in [0, 0.05) is 28.6 Å². The van der Waals surface area contributed by atoms with Crippen molar-refractivity contribution in [1.29, 1.82) is 0 Å². The van der Waals surface area contributed by atoms with Crippen LogP contribution in [0.25, 0.3) is 22.0 Å². The van der Waals surface area contributed by atoms with Crippen molar-refractivity contribution in [3.05, 3.63) is 84.1 Å². The molecule has 2 N–H and O–H groups in total. The van der Waals surface area contributed by atoms with Crippen LogP contribution in [0.5, 0.6) is 0 Å². The fourth-order valence-corrected chi connectivity index (χ4v) is 4.11. The Morgan fingerprint density at radius 2 is 1.89 bits per heavy atom. The third-order valence-corrected chi connectivity index (χ3v) is 5.70. The molecule has 27 heavy (non-hydrogen) atoms. The molecule has 1 aromatic heterocycles. The first-order chi connectivity index (χ1) is 13.1. The van der Waals surface area contributed by atoms with E-state index >= 15 is 0 Å². The van der Waals surface area contributed by atoms with Crippen LogP contribution in [0.15, 0.2) is 77.8 Å².